The van der Waals surface area contributed by atoms with Crippen molar-refractivity contribution in [1.82, 2.24) is 19.9 Å². The standard InChI is InChI=1S/C22H23N5O4S.C6H4/c1-13(2)19(20(31)22-23-9-10-32-22)26-17(29)12-27-18(30)11-16(24-14(3)28)25-21(27)15-7-5-4-6-8-15;1-2-5-4-6(5)3-1/h4-11,13,19H,12H2,1-3H3,(H,24,28)(H,26,29);1-4H. The molecule has 0 radical (unpaired) electrons. The molecule has 9 nitrogen and oxygen atoms in total. The van der Waals surface area contributed by atoms with Crippen LogP contribution >= 0.6 is 11.3 Å². The first kappa shape index (κ1) is 26.6. The van der Waals surface area contributed by atoms with E-state index in [0.717, 1.165) is 6.07 Å². The number of carbonyl (C=O) groups excluding carboxylic acids is 3. The number of aromatic nitrogens is 3. The topological polar surface area (TPSA) is 123 Å². The predicted molar refractivity (Wildman–Crippen MR) is 147 cm³/mol. The molecule has 1 unspecified atom stereocenters. The molecule has 0 aliphatic heterocycles. The zero-order valence-electron chi connectivity index (χ0n) is 21.2. The molecule has 2 aromatic heterocycles. The number of hydrogen-bond acceptors (Lipinski definition) is 7. The third-order valence-electron chi connectivity index (χ3n) is 5.67. The highest BCUT2D eigenvalue weighted by molar-refractivity contribution is 7.11. The van der Waals surface area contributed by atoms with Gasteiger partial charge in [0.25, 0.3) is 5.56 Å². The highest BCUT2D eigenvalue weighted by atomic mass is 32.1. The molecule has 2 amide bonds. The maximum Gasteiger partial charge on any atom is 0.256 e. The first-order chi connectivity index (χ1) is 18.2. The molecule has 194 valence electrons. The number of hydrogen-bond donors (Lipinski definition) is 2. The molecule has 2 heterocycles. The van der Waals surface area contributed by atoms with Gasteiger partial charge in [0.15, 0.2) is 5.01 Å². The lowest BCUT2D eigenvalue weighted by Crippen LogP contribution is -2.46. The highest BCUT2D eigenvalue weighted by Crippen LogP contribution is 2.32. The van der Waals surface area contributed by atoms with Crippen molar-refractivity contribution in [1.29, 1.82) is 0 Å². The van der Waals surface area contributed by atoms with Gasteiger partial charge in [-0.25, -0.2) is 9.97 Å². The van der Waals surface area contributed by atoms with E-state index in [2.05, 4.69) is 44.9 Å². The molecular weight excluding hydrogens is 502 g/mol. The van der Waals surface area contributed by atoms with Gasteiger partial charge in [0.2, 0.25) is 17.6 Å². The van der Waals surface area contributed by atoms with Gasteiger partial charge in [0.05, 0.1) is 6.04 Å². The van der Waals surface area contributed by atoms with E-state index in [9.17, 15) is 19.2 Å². The van der Waals surface area contributed by atoms with Crippen LogP contribution in [0.3, 0.4) is 0 Å². The number of amides is 2. The number of nitrogens with zero attached hydrogens (tertiary/aromatic N) is 3. The second-order valence-electron chi connectivity index (χ2n) is 9.01. The van der Waals surface area contributed by atoms with Gasteiger partial charge in [-0.3, -0.25) is 23.7 Å². The van der Waals surface area contributed by atoms with Gasteiger partial charge in [-0.15, -0.1) is 11.3 Å². The molecule has 1 atom stereocenters. The summed E-state index contributed by atoms with van der Waals surface area (Å²) in [6.07, 6.45) is 1.53. The smallest absolute Gasteiger partial charge is 0.256 e. The van der Waals surface area contributed by atoms with Crippen LogP contribution in [-0.2, 0) is 16.1 Å². The summed E-state index contributed by atoms with van der Waals surface area (Å²) >= 11 is 1.20. The molecular formula is C28H27N5O4S. The second-order valence-corrected chi connectivity index (χ2v) is 9.90. The number of thiazole rings is 1. The van der Waals surface area contributed by atoms with Gasteiger partial charge in [0, 0.05) is 30.1 Å². The summed E-state index contributed by atoms with van der Waals surface area (Å²) in [5, 5.41) is 7.23. The number of ketones is 1. The molecule has 2 aliphatic rings. The van der Waals surface area contributed by atoms with Gasteiger partial charge in [0.1, 0.15) is 18.2 Å². The Morgan fingerprint density at radius 3 is 2.18 bits per heavy atom. The van der Waals surface area contributed by atoms with Crippen LogP contribution in [0.25, 0.3) is 22.5 Å². The Morgan fingerprint density at radius 1 is 0.974 bits per heavy atom. The van der Waals surface area contributed by atoms with E-state index in [-0.39, 0.29) is 35.8 Å². The van der Waals surface area contributed by atoms with Crippen LogP contribution in [0.5, 0.6) is 0 Å². The van der Waals surface area contributed by atoms with Crippen LogP contribution in [0.15, 0.2) is 77.0 Å². The summed E-state index contributed by atoms with van der Waals surface area (Å²) in [4.78, 5) is 58.2. The van der Waals surface area contributed by atoms with Gasteiger partial charge in [-0.05, 0) is 23.1 Å². The first-order valence-electron chi connectivity index (χ1n) is 12.0. The zero-order valence-corrected chi connectivity index (χ0v) is 22.0. The molecule has 0 saturated heterocycles. The molecule has 38 heavy (non-hydrogen) atoms. The Bertz CT molecular complexity index is 1500. The fourth-order valence-electron chi connectivity index (χ4n) is 3.76. The van der Waals surface area contributed by atoms with Gasteiger partial charge in [-0.1, -0.05) is 62.4 Å². The van der Waals surface area contributed by atoms with E-state index in [0.29, 0.717) is 10.6 Å². The molecule has 1 aromatic carbocycles. The molecule has 5 rings (SSSR count). The maximum atomic E-state index is 12.9. The van der Waals surface area contributed by atoms with Gasteiger partial charge < -0.3 is 10.6 Å². The van der Waals surface area contributed by atoms with Crippen LogP contribution in [0, 0.1) is 5.92 Å². The SMILES string of the molecule is CC(=O)Nc1cc(=O)n(CC(=O)NC(C(=O)c2nccs2)C(C)C)c(-c2ccccc2)n1.c1cc2cc-2c1. The van der Waals surface area contributed by atoms with Crippen molar-refractivity contribution in [3.05, 3.63) is 87.6 Å². The van der Waals surface area contributed by atoms with Crippen molar-refractivity contribution < 1.29 is 14.4 Å². The third kappa shape index (κ3) is 6.65. The Balaban J connectivity index is 0.000000483. The molecule has 10 heteroatoms. The number of nitrogens with one attached hydrogen (secondary N) is 2. The lowest BCUT2D eigenvalue weighted by atomic mass is 10.00. The monoisotopic (exact) mass is 529 g/mol. The average molecular weight is 530 g/mol. The van der Waals surface area contributed by atoms with Crippen LogP contribution in [0.4, 0.5) is 5.82 Å². The van der Waals surface area contributed by atoms with Gasteiger partial charge in [-0.2, -0.15) is 0 Å². The summed E-state index contributed by atoms with van der Waals surface area (Å²) in [6.45, 7) is 4.61. The minimum Gasteiger partial charge on any atom is -0.344 e. The van der Waals surface area contributed by atoms with E-state index < -0.39 is 17.5 Å². The Labute approximate surface area is 223 Å². The first-order valence-corrected chi connectivity index (χ1v) is 12.9. The van der Waals surface area contributed by atoms with Crippen LogP contribution < -0.4 is 16.2 Å². The van der Waals surface area contributed by atoms with Crippen molar-refractivity contribution in [3.63, 3.8) is 0 Å². The number of rotatable bonds is 8. The van der Waals surface area contributed by atoms with Crippen LogP contribution in [-0.4, -0.2) is 38.2 Å². The highest BCUT2D eigenvalue weighted by Gasteiger charge is 2.27. The van der Waals surface area contributed by atoms with Crippen LogP contribution in [0.2, 0.25) is 0 Å². The normalized spacial score (nSPS) is 11.7. The van der Waals surface area contributed by atoms with Crippen molar-refractivity contribution in [2.75, 3.05) is 5.32 Å². The van der Waals surface area contributed by atoms with Crippen molar-refractivity contribution >= 4 is 34.8 Å². The summed E-state index contributed by atoms with van der Waals surface area (Å²) in [5.74, 6) is -1.02. The summed E-state index contributed by atoms with van der Waals surface area (Å²) in [7, 11) is 0. The molecule has 3 aromatic rings. The second kappa shape index (κ2) is 11.7. The quantitative estimate of drug-likeness (QED) is 0.293. The number of Topliss-reactive ketones (excluding diaryl/α,β-unsaturated/α-hetero) is 1. The predicted octanol–water partition coefficient (Wildman–Crippen LogP) is 4.02. The molecule has 0 fully saturated rings. The largest absolute Gasteiger partial charge is 0.344 e. The van der Waals surface area contributed by atoms with Crippen molar-refractivity contribution in [2.24, 2.45) is 5.92 Å². The number of benzene rings is 2. The zero-order chi connectivity index (χ0) is 27.2. The van der Waals surface area contributed by atoms with E-state index in [1.165, 1.54) is 40.2 Å². The van der Waals surface area contributed by atoms with E-state index in [4.69, 9.17) is 0 Å². The maximum absolute atomic E-state index is 12.9. The molecule has 2 aliphatic carbocycles. The number of carbonyl (C=O) groups is 3. The number of anilines is 1. The Morgan fingerprint density at radius 2 is 1.66 bits per heavy atom. The molecule has 0 bridgehead atoms. The van der Waals surface area contributed by atoms with E-state index >= 15 is 0 Å². The van der Waals surface area contributed by atoms with Crippen molar-refractivity contribution in [2.45, 2.75) is 33.4 Å². The summed E-state index contributed by atoms with van der Waals surface area (Å²) < 4.78 is 1.21. The summed E-state index contributed by atoms with van der Waals surface area (Å²) in [5.41, 5.74) is 2.94. The minimum atomic E-state index is -0.781. The van der Waals surface area contributed by atoms with E-state index in [1.54, 1.807) is 29.6 Å². The third-order valence-corrected chi connectivity index (χ3v) is 6.46. The fourth-order valence-corrected chi connectivity index (χ4v) is 4.38. The van der Waals surface area contributed by atoms with Crippen LogP contribution in [0.1, 0.15) is 30.6 Å². The van der Waals surface area contributed by atoms with Gasteiger partial charge >= 0.3 is 0 Å². The molecule has 0 saturated carbocycles. The van der Waals surface area contributed by atoms with Crippen molar-refractivity contribution in [3.8, 4) is 22.5 Å². The Kier molecular flexibility index (Phi) is 8.22. The molecule has 2 N–H and O–H groups in total. The fraction of sp³-hybridized carbons (Fsp3) is 0.214. The lowest BCUT2D eigenvalue weighted by Gasteiger charge is -2.21. The summed E-state index contributed by atoms with van der Waals surface area (Å²) in [6, 6.07) is 17.7. The number of fused-ring (bicyclic) bond motifs is 1. The average Bonchev–Trinajstić information content (AvgIpc) is 3.24. The molecule has 0 spiro atoms. The minimum absolute atomic E-state index is 0.0945. The lowest BCUT2D eigenvalue weighted by molar-refractivity contribution is -0.122. The Hall–Kier alpha value is -4.44. The van der Waals surface area contributed by atoms with E-state index in [1.807, 2.05) is 19.9 Å².